The van der Waals surface area contributed by atoms with Gasteiger partial charge < -0.3 is 11.1 Å². The van der Waals surface area contributed by atoms with Crippen LogP contribution in [0.5, 0.6) is 0 Å². The minimum Gasteiger partial charge on any atom is -0.324 e. The number of aryl methyl sites for hydroxylation is 1. The SMILES string of the molecule is Cc1cccc(CNCC(C)(C)N)c1. The molecule has 0 atom stereocenters. The summed E-state index contributed by atoms with van der Waals surface area (Å²) in [5.41, 5.74) is 8.35. The van der Waals surface area contributed by atoms with Gasteiger partial charge in [0.25, 0.3) is 0 Å². The summed E-state index contributed by atoms with van der Waals surface area (Å²) < 4.78 is 0. The van der Waals surface area contributed by atoms with Crippen molar-refractivity contribution in [2.45, 2.75) is 32.9 Å². The molecule has 14 heavy (non-hydrogen) atoms. The van der Waals surface area contributed by atoms with Crippen molar-refractivity contribution < 1.29 is 0 Å². The number of hydrogen-bond donors (Lipinski definition) is 2. The molecule has 0 heterocycles. The van der Waals surface area contributed by atoms with Crippen LogP contribution in [0.15, 0.2) is 24.3 Å². The molecule has 0 aliphatic heterocycles. The fourth-order valence-electron chi connectivity index (χ4n) is 1.35. The van der Waals surface area contributed by atoms with Crippen molar-refractivity contribution in [3.63, 3.8) is 0 Å². The van der Waals surface area contributed by atoms with Gasteiger partial charge in [0, 0.05) is 18.6 Å². The summed E-state index contributed by atoms with van der Waals surface area (Å²) in [7, 11) is 0. The molecule has 78 valence electrons. The Morgan fingerprint density at radius 1 is 1.36 bits per heavy atom. The maximum absolute atomic E-state index is 5.87. The number of rotatable bonds is 4. The summed E-state index contributed by atoms with van der Waals surface area (Å²) in [6.07, 6.45) is 0. The summed E-state index contributed by atoms with van der Waals surface area (Å²) in [4.78, 5) is 0. The van der Waals surface area contributed by atoms with Crippen LogP contribution >= 0.6 is 0 Å². The second kappa shape index (κ2) is 4.58. The van der Waals surface area contributed by atoms with Crippen LogP contribution in [0, 0.1) is 6.92 Å². The maximum Gasteiger partial charge on any atom is 0.0223 e. The molecule has 0 saturated carbocycles. The smallest absolute Gasteiger partial charge is 0.0223 e. The Morgan fingerprint density at radius 2 is 2.07 bits per heavy atom. The van der Waals surface area contributed by atoms with E-state index in [-0.39, 0.29) is 5.54 Å². The van der Waals surface area contributed by atoms with Crippen molar-refractivity contribution in [2.75, 3.05) is 6.54 Å². The van der Waals surface area contributed by atoms with E-state index in [1.54, 1.807) is 0 Å². The minimum absolute atomic E-state index is 0.135. The van der Waals surface area contributed by atoms with Gasteiger partial charge in [0.15, 0.2) is 0 Å². The third-order valence-corrected chi connectivity index (χ3v) is 1.99. The molecule has 0 unspecified atom stereocenters. The molecule has 2 nitrogen and oxygen atoms in total. The van der Waals surface area contributed by atoms with E-state index in [2.05, 4.69) is 36.5 Å². The van der Waals surface area contributed by atoms with Crippen LogP contribution in [0.4, 0.5) is 0 Å². The van der Waals surface area contributed by atoms with Crippen LogP contribution in [-0.4, -0.2) is 12.1 Å². The molecule has 0 aliphatic rings. The van der Waals surface area contributed by atoms with E-state index < -0.39 is 0 Å². The van der Waals surface area contributed by atoms with Crippen molar-refractivity contribution in [3.8, 4) is 0 Å². The first-order valence-electron chi connectivity index (χ1n) is 5.02. The van der Waals surface area contributed by atoms with Crippen molar-refractivity contribution in [3.05, 3.63) is 35.4 Å². The quantitative estimate of drug-likeness (QED) is 0.763. The van der Waals surface area contributed by atoms with Gasteiger partial charge in [-0.05, 0) is 26.3 Å². The Kier molecular flexibility index (Phi) is 3.67. The van der Waals surface area contributed by atoms with Crippen LogP contribution < -0.4 is 11.1 Å². The molecular formula is C12H20N2. The Hall–Kier alpha value is -0.860. The normalized spacial score (nSPS) is 11.7. The monoisotopic (exact) mass is 192 g/mol. The van der Waals surface area contributed by atoms with Gasteiger partial charge in [-0.2, -0.15) is 0 Å². The molecule has 3 N–H and O–H groups in total. The molecule has 0 amide bonds. The molecule has 1 aromatic rings. The van der Waals surface area contributed by atoms with E-state index in [1.807, 2.05) is 13.8 Å². The highest BCUT2D eigenvalue weighted by molar-refractivity contribution is 5.21. The number of nitrogens with one attached hydrogen (secondary N) is 1. The van der Waals surface area contributed by atoms with Gasteiger partial charge in [-0.1, -0.05) is 29.8 Å². The first-order valence-corrected chi connectivity index (χ1v) is 5.02. The molecular weight excluding hydrogens is 172 g/mol. The predicted octanol–water partition coefficient (Wildman–Crippen LogP) is 1.82. The van der Waals surface area contributed by atoms with Gasteiger partial charge in [0.05, 0.1) is 0 Å². The van der Waals surface area contributed by atoms with Crippen LogP contribution in [-0.2, 0) is 6.54 Å². The van der Waals surface area contributed by atoms with Gasteiger partial charge in [-0.3, -0.25) is 0 Å². The van der Waals surface area contributed by atoms with Gasteiger partial charge >= 0.3 is 0 Å². The van der Waals surface area contributed by atoms with E-state index >= 15 is 0 Å². The van der Waals surface area contributed by atoms with Crippen LogP contribution in [0.3, 0.4) is 0 Å². The van der Waals surface area contributed by atoms with Crippen molar-refractivity contribution in [1.82, 2.24) is 5.32 Å². The molecule has 0 spiro atoms. The van der Waals surface area contributed by atoms with Crippen LogP contribution in [0.2, 0.25) is 0 Å². The Bertz CT molecular complexity index is 287. The molecule has 0 radical (unpaired) electrons. The van der Waals surface area contributed by atoms with E-state index in [4.69, 9.17) is 5.73 Å². The van der Waals surface area contributed by atoms with Gasteiger partial charge in [-0.15, -0.1) is 0 Å². The highest BCUT2D eigenvalue weighted by Gasteiger charge is 2.08. The van der Waals surface area contributed by atoms with E-state index in [0.29, 0.717) is 0 Å². The molecule has 2 heteroatoms. The molecule has 0 bridgehead atoms. The fraction of sp³-hybridized carbons (Fsp3) is 0.500. The van der Waals surface area contributed by atoms with Gasteiger partial charge in [-0.25, -0.2) is 0 Å². The zero-order valence-electron chi connectivity index (χ0n) is 9.30. The van der Waals surface area contributed by atoms with E-state index in [0.717, 1.165) is 13.1 Å². The van der Waals surface area contributed by atoms with Crippen LogP contribution in [0.25, 0.3) is 0 Å². The molecule has 1 rings (SSSR count). The summed E-state index contributed by atoms with van der Waals surface area (Å²) in [6, 6.07) is 8.51. The van der Waals surface area contributed by atoms with Gasteiger partial charge in [0.2, 0.25) is 0 Å². The molecule has 0 fully saturated rings. The highest BCUT2D eigenvalue weighted by atomic mass is 14.9. The summed E-state index contributed by atoms with van der Waals surface area (Å²) in [5.74, 6) is 0. The number of benzene rings is 1. The van der Waals surface area contributed by atoms with Crippen molar-refractivity contribution in [1.29, 1.82) is 0 Å². The lowest BCUT2D eigenvalue weighted by Crippen LogP contribution is -2.42. The molecule has 0 saturated heterocycles. The van der Waals surface area contributed by atoms with Crippen molar-refractivity contribution in [2.24, 2.45) is 5.73 Å². The summed E-state index contributed by atoms with van der Waals surface area (Å²) in [6.45, 7) is 7.88. The Morgan fingerprint density at radius 3 is 2.64 bits per heavy atom. The average Bonchev–Trinajstić information content (AvgIpc) is 2.01. The van der Waals surface area contributed by atoms with Crippen molar-refractivity contribution >= 4 is 0 Å². The van der Waals surface area contributed by atoms with E-state index in [1.165, 1.54) is 11.1 Å². The third-order valence-electron chi connectivity index (χ3n) is 1.99. The standard InChI is InChI=1S/C12H20N2/c1-10-5-4-6-11(7-10)8-14-9-12(2,3)13/h4-7,14H,8-9,13H2,1-3H3. The second-order valence-electron chi connectivity index (χ2n) is 4.58. The predicted molar refractivity (Wildman–Crippen MR) is 61.2 cm³/mol. The molecule has 1 aromatic carbocycles. The zero-order valence-corrected chi connectivity index (χ0v) is 9.30. The largest absolute Gasteiger partial charge is 0.324 e. The Balaban J connectivity index is 2.39. The Labute approximate surface area is 86.5 Å². The molecule has 0 aromatic heterocycles. The second-order valence-corrected chi connectivity index (χ2v) is 4.58. The maximum atomic E-state index is 5.87. The zero-order chi connectivity index (χ0) is 10.6. The lowest BCUT2D eigenvalue weighted by molar-refractivity contribution is 0.466. The summed E-state index contributed by atoms with van der Waals surface area (Å²) in [5, 5.41) is 3.34. The minimum atomic E-state index is -0.135. The highest BCUT2D eigenvalue weighted by Crippen LogP contribution is 2.03. The molecule has 0 aliphatic carbocycles. The lowest BCUT2D eigenvalue weighted by atomic mass is 10.1. The topological polar surface area (TPSA) is 38.0 Å². The number of nitrogens with two attached hydrogens (primary N) is 1. The lowest BCUT2D eigenvalue weighted by Gasteiger charge is -2.19. The van der Waals surface area contributed by atoms with E-state index in [9.17, 15) is 0 Å². The fourth-order valence-corrected chi connectivity index (χ4v) is 1.35. The first-order chi connectivity index (χ1) is 6.47. The summed E-state index contributed by atoms with van der Waals surface area (Å²) >= 11 is 0. The number of hydrogen-bond acceptors (Lipinski definition) is 2. The first kappa shape index (κ1) is 11.2. The van der Waals surface area contributed by atoms with Crippen LogP contribution in [0.1, 0.15) is 25.0 Å². The van der Waals surface area contributed by atoms with Gasteiger partial charge in [0.1, 0.15) is 0 Å². The third kappa shape index (κ3) is 4.40. The average molecular weight is 192 g/mol.